The van der Waals surface area contributed by atoms with Crippen LogP contribution < -0.4 is 0 Å². The maximum atomic E-state index is 10.5. The highest BCUT2D eigenvalue weighted by molar-refractivity contribution is 7.85. The SMILES string of the molecule is C#CCN(C)Cc1cn(C(C)(C)C)nn1.C#CCN(C)Cc1cn(CC)nn1.C#CCN(C)Cc1cn(CCCS(=O)(=O)O)nn1. The van der Waals surface area contributed by atoms with Crippen LogP contribution in [-0.4, -0.2) is 119 Å². The Bertz CT molecular complexity index is 1530. The lowest BCUT2D eigenvalue weighted by atomic mass is 10.1. The van der Waals surface area contributed by atoms with Gasteiger partial charge in [-0.05, 0) is 55.3 Å². The van der Waals surface area contributed by atoms with Crippen LogP contribution in [-0.2, 0) is 48.4 Å². The predicted octanol–water partition coefficient (Wildman–Crippen LogP) is 1.08. The third-order valence-electron chi connectivity index (χ3n) is 5.89. The van der Waals surface area contributed by atoms with Crippen molar-refractivity contribution in [3.05, 3.63) is 35.7 Å². The van der Waals surface area contributed by atoms with E-state index in [2.05, 4.69) is 69.5 Å². The van der Waals surface area contributed by atoms with Gasteiger partial charge < -0.3 is 0 Å². The summed E-state index contributed by atoms with van der Waals surface area (Å²) in [4.78, 5) is 5.95. The van der Waals surface area contributed by atoms with Crippen LogP contribution in [0.1, 0.15) is 51.2 Å². The van der Waals surface area contributed by atoms with Crippen LogP contribution in [0.4, 0.5) is 0 Å². The van der Waals surface area contributed by atoms with E-state index < -0.39 is 10.1 Å². The molecule has 0 amide bonds. The summed E-state index contributed by atoms with van der Waals surface area (Å²) < 4.78 is 34.9. The van der Waals surface area contributed by atoms with Gasteiger partial charge in [0.1, 0.15) is 0 Å². The molecule has 0 aromatic carbocycles. The van der Waals surface area contributed by atoms with Crippen LogP contribution in [0, 0.1) is 37.0 Å². The van der Waals surface area contributed by atoms with Crippen molar-refractivity contribution in [2.24, 2.45) is 0 Å². The minimum Gasteiger partial charge on any atom is -0.289 e. The molecule has 0 atom stereocenters. The number of nitrogens with zero attached hydrogens (tertiary/aromatic N) is 12. The molecule has 0 aliphatic rings. The molecule has 0 fully saturated rings. The molecule has 0 spiro atoms. The summed E-state index contributed by atoms with van der Waals surface area (Å²) in [6, 6.07) is 0. The van der Waals surface area contributed by atoms with Crippen molar-refractivity contribution in [2.75, 3.05) is 46.5 Å². The Morgan fingerprint density at radius 3 is 1.54 bits per heavy atom. The van der Waals surface area contributed by atoms with Crippen LogP contribution in [0.25, 0.3) is 0 Å². The molecular weight excluding hydrogens is 608 g/mol. The van der Waals surface area contributed by atoms with Gasteiger partial charge in [-0.1, -0.05) is 33.4 Å². The van der Waals surface area contributed by atoms with Crippen molar-refractivity contribution in [3.63, 3.8) is 0 Å². The first kappa shape index (κ1) is 39.9. The molecule has 0 aliphatic carbocycles. The summed E-state index contributed by atoms with van der Waals surface area (Å²) in [5.41, 5.74) is 2.65. The van der Waals surface area contributed by atoms with Gasteiger partial charge in [0.05, 0.1) is 54.2 Å². The third-order valence-corrected chi connectivity index (χ3v) is 6.70. The van der Waals surface area contributed by atoms with Crippen molar-refractivity contribution in [3.8, 4) is 37.0 Å². The Kier molecular flexibility index (Phi) is 17.4. The zero-order valence-electron chi connectivity index (χ0n) is 28.1. The number of rotatable bonds is 14. The molecule has 0 saturated heterocycles. The summed E-state index contributed by atoms with van der Waals surface area (Å²) in [5.74, 6) is 7.42. The summed E-state index contributed by atoms with van der Waals surface area (Å²) in [6.45, 7) is 13.4. The van der Waals surface area contributed by atoms with Gasteiger partial charge in [0.2, 0.25) is 0 Å². The highest BCUT2D eigenvalue weighted by Crippen LogP contribution is 2.12. The minimum absolute atomic E-state index is 0.0179. The second kappa shape index (κ2) is 20.1. The fourth-order valence-corrected chi connectivity index (χ4v) is 4.15. The van der Waals surface area contributed by atoms with Crippen LogP contribution in [0.2, 0.25) is 0 Å². The van der Waals surface area contributed by atoms with Crippen molar-refractivity contribution in [1.29, 1.82) is 0 Å². The van der Waals surface area contributed by atoms with Gasteiger partial charge in [0.25, 0.3) is 10.1 Å². The molecule has 16 heteroatoms. The standard InChI is InChI=1S/C11H18N4.C10H16N4O3S.C9H14N4/c1-6-7-14(5)8-10-9-15(13-12-10)11(2,3)4;1-3-5-13(2)8-10-9-14(12-11-10)6-4-7-18(15,16)17;1-4-6-12(3)7-9-8-13(5-2)11-10-9/h1,9H,7-8H2,2-5H3;1,9H,4-8H2,2H3,(H,15,16,17);1,8H,5-7H2,2-3H3. The van der Waals surface area contributed by atoms with E-state index in [0.29, 0.717) is 39.1 Å². The molecule has 0 bridgehead atoms. The molecule has 3 heterocycles. The summed E-state index contributed by atoms with van der Waals surface area (Å²) in [7, 11) is 1.90. The van der Waals surface area contributed by atoms with Crippen molar-refractivity contribution in [2.45, 2.75) is 72.4 Å². The predicted molar refractivity (Wildman–Crippen MR) is 177 cm³/mol. The first-order valence-corrected chi connectivity index (χ1v) is 16.2. The number of hydrogen-bond acceptors (Lipinski definition) is 11. The van der Waals surface area contributed by atoms with E-state index in [1.807, 2.05) is 59.8 Å². The third kappa shape index (κ3) is 17.4. The number of aromatic nitrogens is 9. The largest absolute Gasteiger partial charge is 0.289 e. The lowest BCUT2D eigenvalue weighted by Gasteiger charge is -2.17. The topological polar surface area (TPSA) is 156 Å². The molecule has 0 unspecified atom stereocenters. The smallest absolute Gasteiger partial charge is 0.264 e. The van der Waals surface area contributed by atoms with Crippen molar-refractivity contribution in [1.82, 2.24) is 59.7 Å². The number of hydrogen-bond donors (Lipinski definition) is 1. The van der Waals surface area contributed by atoms with Gasteiger partial charge in [0, 0.05) is 45.1 Å². The maximum Gasteiger partial charge on any atom is 0.264 e. The molecule has 3 aromatic heterocycles. The van der Waals surface area contributed by atoms with E-state index in [1.54, 1.807) is 15.6 Å². The highest BCUT2D eigenvalue weighted by Gasteiger charge is 2.15. The summed E-state index contributed by atoms with van der Waals surface area (Å²) in [6.07, 6.45) is 21.5. The van der Waals surface area contributed by atoms with Crippen molar-refractivity contribution >= 4 is 10.1 Å². The van der Waals surface area contributed by atoms with Crippen molar-refractivity contribution < 1.29 is 13.0 Å². The fourth-order valence-electron chi connectivity index (χ4n) is 3.66. The van der Waals surface area contributed by atoms with Gasteiger partial charge in [0.15, 0.2) is 0 Å². The molecule has 0 radical (unpaired) electrons. The number of terminal acetylenes is 3. The Hall–Kier alpha value is -4.11. The van der Waals surface area contributed by atoms with Gasteiger partial charge in [-0.15, -0.1) is 34.6 Å². The van der Waals surface area contributed by atoms with E-state index in [4.69, 9.17) is 23.8 Å². The normalized spacial score (nSPS) is 11.3. The molecule has 46 heavy (non-hydrogen) atoms. The molecule has 3 rings (SSSR count). The Morgan fingerprint density at radius 2 is 1.17 bits per heavy atom. The number of aryl methyl sites for hydroxylation is 2. The molecule has 0 aliphatic heterocycles. The fraction of sp³-hybridized carbons (Fsp3) is 0.600. The molecular formula is C30H48N12O3S. The minimum atomic E-state index is -3.91. The van der Waals surface area contributed by atoms with Crippen LogP contribution >= 0.6 is 0 Å². The lowest BCUT2D eigenvalue weighted by Crippen LogP contribution is -2.22. The van der Waals surface area contributed by atoms with Crippen LogP contribution in [0.15, 0.2) is 18.6 Å². The monoisotopic (exact) mass is 656 g/mol. The molecule has 3 aromatic rings. The van der Waals surface area contributed by atoms with Crippen LogP contribution in [0.5, 0.6) is 0 Å². The Balaban J connectivity index is 0.000000350. The van der Waals surface area contributed by atoms with E-state index in [0.717, 1.165) is 36.7 Å². The summed E-state index contributed by atoms with van der Waals surface area (Å²) >= 11 is 0. The maximum absolute atomic E-state index is 10.5. The molecule has 252 valence electrons. The second-order valence-electron chi connectivity index (χ2n) is 11.6. The second-order valence-corrected chi connectivity index (χ2v) is 13.2. The first-order chi connectivity index (χ1) is 21.6. The zero-order valence-corrected chi connectivity index (χ0v) is 28.9. The van der Waals surface area contributed by atoms with E-state index in [1.165, 1.54) is 0 Å². The molecule has 1 N–H and O–H groups in total. The highest BCUT2D eigenvalue weighted by atomic mass is 32.2. The van der Waals surface area contributed by atoms with Crippen LogP contribution in [0.3, 0.4) is 0 Å². The first-order valence-electron chi connectivity index (χ1n) is 14.6. The van der Waals surface area contributed by atoms with Gasteiger partial charge in [-0.3, -0.25) is 28.6 Å². The van der Waals surface area contributed by atoms with Gasteiger partial charge in [-0.2, -0.15) is 8.42 Å². The van der Waals surface area contributed by atoms with E-state index >= 15 is 0 Å². The summed E-state index contributed by atoms with van der Waals surface area (Å²) in [5, 5.41) is 23.9. The average molecular weight is 657 g/mol. The zero-order chi connectivity index (χ0) is 34.8. The van der Waals surface area contributed by atoms with E-state index in [-0.39, 0.29) is 11.3 Å². The van der Waals surface area contributed by atoms with Gasteiger partial charge in [-0.25, -0.2) is 4.68 Å². The molecule has 0 saturated carbocycles. The Labute approximate surface area is 274 Å². The molecule has 15 nitrogen and oxygen atoms in total. The average Bonchev–Trinajstić information content (AvgIpc) is 3.71. The quantitative estimate of drug-likeness (QED) is 0.195. The van der Waals surface area contributed by atoms with E-state index in [9.17, 15) is 8.42 Å². The Morgan fingerprint density at radius 1 is 0.761 bits per heavy atom. The van der Waals surface area contributed by atoms with Gasteiger partial charge >= 0.3 is 0 Å². The lowest BCUT2D eigenvalue weighted by molar-refractivity contribution is 0.346.